The molecule has 0 aliphatic rings. The van der Waals surface area contributed by atoms with Gasteiger partial charge in [-0.05, 0) is 18.2 Å². The monoisotopic (exact) mass is 329 g/mol. The summed E-state index contributed by atoms with van der Waals surface area (Å²) in [5.74, 6) is -0.355. The molecule has 2 heterocycles. The van der Waals surface area contributed by atoms with E-state index in [4.69, 9.17) is 4.74 Å². The molecule has 0 fully saturated rings. The summed E-state index contributed by atoms with van der Waals surface area (Å²) in [6, 6.07) is 9.60. The second-order valence-corrected chi connectivity index (χ2v) is 5.33. The van der Waals surface area contributed by atoms with Gasteiger partial charge in [0.1, 0.15) is 5.82 Å². The van der Waals surface area contributed by atoms with E-state index in [1.165, 1.54) is 16.9 Å². The van der Waals surface area contributed by atoms with Gasteiger partial charge in [0.15, 0.2) is 0 Å². The van der Waals surface area contributed by atoms with Crippen LogP contribution in [0.5, 0.6) is 0 Å². The quantitative estimate of drug-likeness (QED) is 0.742. The summed E-state index contributed by atoms with van der Waals surface area (Å²) in [7, 11) is 0. The zero-order chi connectivity index (χ0) is 16.9. The summed E-state index contributed by atoms with van der Waals surface area (Å²) in [6.45, 7) is 0.00215. The SMILES string of the molecule is O=c1c2cccnc2cnn1CC(O)COCc1ccccc1F. The molecule has 0 radical (unpaired) electrons. The molecule has 0 saturated carbocycles. The maximum Gasteiger partial charge on any atom is 0.276 e. The van der Waals surface area contributed by atoms with Crippen LogP contribution in [0.1, 0.15) is 5.56 Å². The molecule has 2 aromatic heterocycles. The maximum absolute atomic E-state index is 13.5. The minimum absolute atomic E-state index is 0.0130. The van der Waals surface area contributed by atoms with Crippen molar-refractivity contribution in [3.63, 3.8) is 0 Å². The summed E-state index contributed by atoms with van der Waals surface area (Å²) in [6.07, 6.45) is 2.12. The summed E-state index contributed by atoms with van der Waals surface area (Å²) < 4.78 is 19.9. The molecule has 3 rings (SSSR count). The van der Waals surface area contributed by atoms with Crippen LogP contribution in [0, 0.1) is 5.82 Å². The highest BCUT2D eigenvalue weighted by Crippen LogP contribution is 2.08. The highest BCUT2D eigenvalue weighted by molar-refractivity contribution is 5.75. The number of nitrogens with zero attached hydrogens (tertiary/aromatic N) is 3. The summed E-state index contributed by atoms with van der Waals surface area (Å²) >= 11 is 0. The second kappa shape index (κ2) is 7.29. The van der Waals surface area contributed by atoms with Crippen molar-refractivity contribution < 1.29 is 14.2 Å². The van der Waals surface area contributed by atoms with E-state index in [2.05, 4.69) is 10.1 Å². The number of fused-ring (bicyclic) bond motifs is 1. The van der Waals surface area contributed by atoms with E-state index in [0.717, 1.165) is 0 Å². The zero-order valence-corrected chi connectivity index (χ0v) is 12.8. The number of hydrogen-bond acceptors (Lipinski definition) is 5. The van der Waals surface area contributed by atoms with Gasteiger partial charge in [-0.15, -0.1) is 0 Å². The third-order valence-corrected chi connectivity index (χ3v) is 3.53. The van der Waals surface area contributed by atoms with Gasteiger partial charge in [0.25, 0.3) is 5.56 Å². The lowest BCUT2D eigenvalue weighted by atomic mass is 10.2. The van der Waals surface area contributed by atoms with Gasteiger partial charge in [0.05, 0.1) is 43.0 Å². The van der Waals surface area contributed by atoms with Crippen molar-refractivity contribution in [2.75, 3.05) is 6.61 Å². The average molecular weight is 329 g/mol. The molecule has 0 aliphatic heterocycles. The van der Waals surface area contributed by atoms with E-state index in [9.17, 15) is 14.3 Å². The molecule has 0 bridgehead atoms. The third kappa shape index (κ3) is 3.64. The Hall–Kier alpha value is -2.64. The van der Waals surface area contributed by atoms with Gasteiger partial charge in [-0.2, -0.15) is 5.10 Å². The van der Waals surface area contributed by atoms with Gasteiger partial charge in [-0.1, -0.05) is 18.2 Å². The number of hydrogen-bond donors (Lipinski definition) is 1. The molecule has 124 valence electrons. The van der Waals surface area contributed by atoms with Crippen molar-refractivity contribution in [3.8, 4) is 0 Å². The molecule has 6 nitrogen and oxygen atoms in total. The Balaban J connectivity index is 1.61. The van der Waals surface area contributed by atoms with Crippen molar-refractivity contribution in [3.05, 3.63) is 70.5 Å². The largest absolute Gasteiger partial charge is 0.389 e. The minimum Gasteiger partial charge on any atom is -0.389 e. The minimum atomic E-state index is -0.934. The van der Waals surface area contributed by atoms with E-state index in [1.807, 2.05) is 0 Å². The third-order valence-electron chi connectivity index (χ3n) is 3.53. The fourth-order valence-electron chi connectivity index (χ4n) is 2.32. The van der Waals surface area contributed by atoms with Crippen LogP contribution >= 0.6 is 0 Å². The first-order chi connectivity index (χ1) is 11.6. The molecule has 3 aromatic rings. The molecule has 1 atom stereocenters. The van der Waals surface area contributed by atoms with Gasteiger partial charge >= 0.3 is 0 Å². The number of aliphatic hydroxyl groups excluding tert-OH is 1. The number of aliphatic hydroxyl groups is 1. The van der Waals surface area contributed by atoms with Crippen LogP contribution in [0.3, 0.4) is 0 Å². The first-order valence-electron chi connectivity index (χ1n) is 7.45. The fourth-order valence-corrected chi connectivity index (χ4v) is 2.32. The Bertz CT molecular complexity index is 897. The summed E-state index contributed by atoms with van der Waals surface area (Å²) in [4.78, 5) is 16.3. The first-order valence-corrected chi connectivity index (χ1v) is 7.45. The standard InChI is InChI=1S/C17H16FN3O3/c18-15-6-2-1-4-12(15)10-24-11-13(22)9-21-17(23)14-5-3-7-19-16(14)8-20-21/h1-8,13,22H,9-11H2. The molecule has 24 heavy (non-hydrogen) atoms. The molecule has 0 amide bonds. The molecule has 1 unspecified atom stereocenters. The van der Waals surface area contributed by atoms with E-state index < -0.39 is 6.10 Å². The number of benzene rings is 1. The Morgan fingerprint density at radius 2 is 2.08 bits per heavy atom. The second-order valence-electron chi connectivity index (χ2n) is 5.33. The van der Waals surface area contributed by atoms with Gasteiger partial charge in [-0.3, -0.25) is 9.78 Å². The topological polar surface area (TPSA) is 77.2 Å². The Labute approximate surface area is 137 Å². The van der Waals surface area contributed by atoms with Crippen molar-refractivity contribution >= 4 is 10.9 Å². The molecule has 1 N–H and O–H groups in total. The predicted octanol–water partition coefficient (Wildman–Crippen LogP) is 1.51. The Morgan fingerprint density at radius 3 is 2.92 bits per heavy atom. The van der Waals surface area contributed by atoms with E-state index >= 15 is 0 Å². The fraction of sp³-hybridized carbons (Fsp3) is 0.235. The molecular weight excluding hydrogens is 313 g/mol. The van der Waals surface area contributed by atoms with Crippen molar-refractivity contribution in [2.45, 2.75) is 19.3 Å². The van der Waals surface area contributed by atoms with Gasteiger partial charge in [0, 0.05) is 11.8 Å². The number of halogens is 1. The van der Waals surface area contributed by atoms with Crippen LogP contribution < -0.4 is 5.56 Å². The predicted molar refractivity (Wildman–Crippen MR) is 85.9 cm³/mol. The molecule has 0 spiro atoms. The van der Waals surface area contributed by atoms with Crippen LogP contribution in [-0.4, -0.2) is 32.6 Å². The van der Waals surface area contributed by atoms with E-state index in [-0.39, 0.29) is 31.1 Å². The van der Waals surface area contributed by atoms with Crippen molar-refractivity contribution in [2.24, 2.45) is 0 Å². The summed E-state index contributed by atoms with van der Waals surface area (Å²) in [5.41, 5.74) is 0.592. The molecule has 0 saturated heterocycles. The number of pyridine rings is 1. The van der Waals surface area contributed by atoms with Crippen LogP contribution in [0.15, 0.2) is 53.6 Å². The Morgan fingerprint density at radius 1 is 1.25 bits per heavy atom. The first kappa shape index (κ1) is 16.2. The van der Waals surface area contributed by atoms with Gasteiger partial charge in [0.2, 0.25) is 0 Å². The summed E-state index contributed by atoms with van der Waals surface area (Å²) in [5, 5.41) is 14.4. The number of ether oxygens (including phenoxy) is 1. The normalized spacial score (nSPS) is 12.4. The number of rotatable bonds is 6. The molecular formula is C17H16FN3O3. The number of aromatic nitrogens is 3. The van der Waals surface area contributed by atoms with Crippen molar-refractivity contribution in [1.82, 2.24) is 14.8 Å². The van der Waals surface area contributed by atoms with Crippen molar-refractivity contribution in [1.29, 1.82) is 0 Å². The molecule has 0 aliphatic carbocycles. The highest BCUT2D eigenvalue weighted by Gasteiger charge is 2.11. The molecule has 7 heteroatoms. The lowest BCUT2D eigenvalue weighted by Gasteiger charge is -2.13. The average Bonchev–Trinajstić information content (AvgIpc) is 2.59. The van der Waals surface area contributed by atoms with Crippen LogP contribution in [-0.2, 0) is 17.9 Å². The van der Waals surface area contributed by atoms with Crippen LogP contribution in [0.4, 0.5) is 4.39 Å². The van der Waals surface area contributed by atoms with Crippen LogP contribution in [0.2, 0.25) is 0 Å². The maximum atomic E-state index is 13.5. The smallest absolute Gasteiger partial charge is 0.276 e. The lowest BCUT2D eigenvalue weighted by molar-refractivity contribution is 0.0172. The van der Waals surface area contributed by atoms with Gasteiger partial charge in [-0.25, -0.2) is 9.07 Å². The van der Waals surface area contributed by atoms with Crippen LogP contribution in [0.25, 0.3) is 10.9 Å². The molecule has 1 aromatic carbocycles. The zero-order valence-electron chi connectivity index (χ0n) is 12.8. The van der Waals surface area contributed by atoms with E-state index in [1.54, 1.807) is 36.5 Å². The van der Waals surface area contributed by atoms with Gasteiger partial charge < -0.3 is 9.84 Å². The van der Waals surface area contributed by atoms with E-state index in [0.29, 0.717) is 16.5 Å². The Kier molecular flexibility index (Phi) is 4.93. The highest BCUT2D eigenvalue weighted by atomic mass is 19.1. The lowest BCUT2D eigenvalue weighted by Crippen LogP contribution is -2.31.